The number of carbonyl (C=O) groups excluding carboxylic acids is 1. The molecule has 0 radical (unpaired) electrons. The zero-order valence-corrected chi connectivity index (χ0v) is 15.8. The Kier molecular flexibility index (Phi) is 7.02. The number of nitrogens with zero attached hydrogens (tertiary/aromatic N) is 3. The van der Waals surface area contributed by atoms with Gasteiger partial charge in [0.25, 0.3) is 5.71 Å². The average Bonchev–Trinajstić information content (AvgIpc) is 3.22. The number of hydrogen-bond donors (Lipinski definition) is 3. The maximum absolute atomic E-state index is 12.0. The number of aliphatic hydroxyl groups is 2. The average molecular weight is 422 g/mol. The van der Waals surface area contributed by atoms with E-state index in [9.17, 15) is 15.0 Å². The second kappa shape index (κ2) is 9.11. The summed E-state index contributed by atoms with van der Waals surface area (Å²) in [5.74, 6) is -0.00929. The molecule has 12 nitrogen and oxygen atoms in total. The van der Waals surface area contributed by atoms with Crippen molar-refractivity contribution >= 4 is 23.0 Å². The summed E-state index contributed by atoms with van der Waals surface area (Å²) in [5, 5.41) is 20.6. The van der Waals surface area contributed by atoms with Crippen LogP contribution < -0.4 is 5.73 Å². The standard InChI is InChI=1S/C18H18N4O6.2H2O/c1-8-20-15(19)11-16(21-8)28-17(22-11)14-13(24)12(23)10(27-14)7-26-18(25)9-5-3-2-4-6-9;;/h2-6,10,12-14,23-24H,7H2,1H3,(H2,19,20,21);2*1H2/t10-,12-,13-,14-;;/m1../s1. The van der Waals surface area contributed by atoms with Crippen LogP contribution in [0.5, 0.6) is 0 Å². The third-order valence-corrected chi connectivity index (χ3v) is 4.41. The van der Waals surface area contributed by atoms with E-state index in [4.69, 9.17) is 19.6 Å². The van der Waals surface area contributed by atoms with Crippen LogP contribution in [-0.2, 0) is 9.47 Å². The van der Waals surface area contributed by atoms with Crippen molar-refractivity contribution in [2.24, 2.45) is 0 Å². The number of oxazole rings is 1. The largest absolute Gasteiger partial charge is 0.459 e. The smallest absolute Gasteiger partial charge is 0.338 e. The Morgan fingerprint density at radius 2 is 1.83 bits per heavy atom. The fraction of sp³-hybridized carbons (Fsp3) is 0.333. The molecule has 3 heterocycles. The van der Waals surface area contributed by atoms with Gasteiger partial charge in [0.1, 0.15) is 30.7 Å². The normalized spacial score (nSPS) is 22.9. The predicted molar refractivity (Wildman–Crippen MR) is 102 cm³/mol. The summed E-state index contributed by atoms with van der Waals surface area (Å²) in [7, 11) is 0. The van der Waals surface area contributed by atoms with Crippen LogP contribution in [0.15, 0.2) is 34.7 Å². The highest BCUT2D eigenvalue weighted by molar-refractivity contribution is 5.89. The lowest BCUT2D eigenvalue weighted by molar-refractivity contribution is -0.0397. The zero-order valence-electron chi connectivity index (χ0n) is 15.8. The number of rotatable bonds is 4. The minimum absolute atomic E-state index is 0. The molecule has 0 saturated carbocycles. The maximum atomic E-state index is 12.0. The van der Waals surface area contributed by atoms with E-state index < -0.39 is 30.4 Å². The van der Waals surface area contributed by atoms with Crippen molar-refractivity contribution in [3.63, 3.8) is 0 Å². The van der Waals surface area contributed by atoms with Gasteiger partial charge in [-0.25, -0.2) is 14.8 Å². The molecule has 0 aliphatic carbocycles. The van der Waals surface area contributed by atoms with Crippen molar-refractivity contribution in [2.45, 2.75) is 31.3 Å². The number of carbonyl (C=O) groups is 1. The van der Waals surface area contributed by atoms with Gasteiger partial charge in [-0.2, -0.15) is 4.98 Å². The molecule has 1 aliphatic heterocycles. The highest BCUT2D eigenvalue weighted by atomic mass is 16.6. The molecule has 3 aromatic rings. The third-order valence-electron chi connectivity index (χ3n) is 4.41. The number of anilines is 1. The van der Waals surface area contributed by atoms with Crippen LogP contribution in [0, 0.1) is 6.92 Å². The van der Waals surface area contributed by atoms with E-state index in [0.717, 1.165) is 0 Å². The zero-order chi connectivity index (χ0) is 19.8. The minimum atomic E-state index is -1.33. The summed E-state index contributed by atoms with van der Waals surface area (Å²) in [6.45, 7) is 1.41. The van der Waals surface area contributed by atoms with Gasteiger partial charge in [-0.15, -0.1) is 0 Å². The van der Waals surface area contributed by atoms with Crippen LogP contribution >= 0.6 is 0 Å². The highest BCUT2D eigenvalue weighted by Crippen LogP contribution is 2.35. The Bertz CT molecular complexity index is 1010. The maximum Gasteiger partial charge on any atom is 0.338 e. The Hall–Kier alpha value is -3.16. The van der Waals surface area contributed by atoms with Gasteiger partial charge in [0.2, 0.25) is 5.89 Å². The Morgan fingerprint density at radius 3 is 2.53 bits per heavy atom. The van der Waals surface area contributed by atoms with Gasteiger partial charge in [0.05, 0.1) is 5.56 Å². The molecule has 1 aliphatic rings. The van der Waals surface area contributed by atoms with Gasteiger partial charge < -0.3 is 40.8 Å². The SMILES string of the molecule is Cc1nc(N)c2nc([C@@H]3O[C@H](COC(=O)c4ccccc4)[C@@H](O)[C@H]3O)oc2n1.O.O. The molecule has 162 valence electrons. The fourth-order valence-corrected chi connectivity index (χ4v) is 3.00. The number of hydrogen-bond acceptors (Lipinski definition) is 10. The molecule has 1 fully saturated rings. The summed E-state index contributed by atoms with van der Waals surface area (Å²) in [6.07, 6.45) is -4.64. The summed E-state index contributed by atoms with van der Waals surface area (Å²) < 4.78 is 16.3. The van der Waals surface area contributed by atoms with Crippen LogP contribution in [0.3, 0.4) is 0 Å². The van der Waals surface area contributed by atoms with Crippen molar-refractivity contribution in [3.05, 3.63) is 47.6 Å². The van der Waals surface area contributed by atoms with E-state index in [1.165, 1.54) is 0 Å². The number of aliphatic hydroxyl groups excluding tert-OH is 2. The van der Waals surface area contributed by atoms with Gasteiger partial charge in [-0.1, -0.05) is 18.2 Å². The molecule has 0 bridgehead atoms. The van der Waals surface area contributed by atoms with E-state index >= 15 is 0 Å². The van der Waals surface area contributed by atoms with Crippen molar-refractivity contribution in [2.75, 3.05) is 12.3 Å². The lowest BCUT2D eigenvalue weighted by Crippen LogP contribution is -2.34. The van der Waals surface area contributed by atoms with E-state index in [1.807, 2.05) is 0 Å². The van der Waals surface area contributed by atoms with Crippen LogP contribution in [0.25, 0.3) is 11.2 Å². The van der Waals surface area contributed by atoms with E-state index in [-0.39, 0.29) is 40.5 Å². The summed E-state index contributed by atoms with van der Waals surface area (Å²) in [4.78, 5) is 24.3. The second-order valence-corrected chi connectivity index (χ2v) is 6.40. The number of benzene rings is 1. The molecule has 0 unspecified atom stereocenters. The molecule has 1 saturated heterocycles. The van der Waals surface area contributed by atoms with E-state index in [2.05, 4.69) is 15.0 Å². The first-order chi connectivity index (χ1) is 13.4. The molecule has 1 aromatic carbocycles. The molecular formula is C18H22N4O8. The molecule has 4 atom stereocenters. The van der Waals surface area contributed by atoms with Crippen molar-refractivity contribution < 1.29 is 39.9 Å². The number of fused-ring (bicyclic) bond motifs is 1. The van der Waals surface area contributed by atoms with Gasteiger partial charge in [-0.3, -0.25) is 0 Å². The molecule has 30 heavy (non-hydrogen) atoms. The number of aromatic nitrogens is 3. The molecule has 8 N–H and O–H groups in total. The van der Waals surface area contributed by atoms with E-state index in [0.29, 0.717) is 11.4 Å². The Morgan fingerprint density at radius 1 is 1.13 bits per heavy atom. The van der Waals surface area contributed by atoms with E-state index in [1.54, 1.807) is 37.3 Å². The van der Waals surface area contributed by atoms with Crippen LogP contribution in [0.2, 0.25) is 0 Å². The Balaban J connectivity index is 0.00000160. The lowest BCUT2D eigenvalue weighted by Gasteiger charge is -2.14. The molecule has 4 rings (SSSR count). The number of aryl methyl sites for hydroxylation is 1. The molecule has 0 spiro atoms. The quantitative estimate of drug-likeness (QED) is 0.430. The first-order valence-corrected chi connectivity index (χ1v) is 8.58. The summed E-state index contributed by atoms with van der Waals surface area (Å²) in [5.41, 5.74) is 6.58. The summed E-state index contributed by atoms with van der Waals surface area (Å²) in [6, 6.07) is 8.41. The molecule has 12 heteroatoms. The number of nitrogens with two attached hydrogens (primary N) is 1. The third kappa shape index (κ3) is 4.22. The predicted octanol–water partition coefficient (Wildman–Crippen LogP) is -1.12. The first-order valence-electron chi connectivity index (χ1n) is 8.58. The topological polar surface area (TPSA) is 217 Å². The minimum Gasteiger partial charge on any atom is -0.459 e. The van der Waals surface area contributed by atoms with Crippen LogP contribution in [-0.4, -0.2) is 67.0 Å². The molecule has 0 amide bonds. The van der Waals surface area contributed by atoms with Crippen LogP contribution in [0.4, 0.5) is 5.82 Å². The van der Waals surface area contributed by atoms with Gasteiger partial charge >= 0.3 is 5.97 Å². The number of nitrogen functional groups attached to an aromatic ring is 1. The van der Waals surface area contributed by atoms with Crippen molar-refractivity contribution in [1.29, 1.82) is 0 Å². The molecule has 2 aromatic heterocycles. The monoisotopic (exact) mass is 422 g/mol. The lowest BCUT2D eigenvalue weighted by atomic mass is 10.1. The highest BCUT2D eigenvalue weighted by Gasteiger charge is 2.46. The van der Waals surface area contributed by atoms with Gasteiger partial charge in [0.15, 0.2) is 17.4 Å². The second-order valence-electron chi connectivity index (χ2n) is 6.40. The van der Waals surface area contributed by atoms with Crippen molar-refractivity contribution in [3.8, 4) is 0 Å². The van der Waals surface area contributed by atoms with Crippen LogP contribution in [0.1, 0.15) is 28.2 Å². The number of esters is 1. The number of ether oxygens (including phenoxy) is 2. The van der Waals surface area contributed by atoms with Gasteiger partial charge in [-0.05, 0) is 19.1 Å². The fourth-order valence-electron chi connectivity index (χ4n) is 3.00. The molecular weight excluding hydrogens is 400 g/mol. The van der Waals surface area contributed by atoms with Crippen molar-refractivity contribution in [1.82, 2.24) is 15.0 Å². The Labute approximate surface area is 169 Å². The van der Waals surface area contributed by atoms with Gasteiger partial charge in [0, 0.05) is 0 Å². The first kappa shape index (κ1) is 23.1. The summed E-state index contributed by atoms with van der Waals surface area (Å²) >= 11 is 0.